The largest absolute Gasteiger partial charge is 0.447 e. The van der Waals surface area contributed by atoms with Crippen molar-refractivity contribution in [2.75, 3.05) is 5.32 Å². The molecule has 1 N–H and O–H groups in total. The molecule has 2 aromatic rings. The van der Waals surface area contributed by atoms with Crippen molar-refractivity contribution in [1.82, 2.24) is 0 Å². The number of benzene rings is 2. The average Bonchev–Trinajstić information content (AvgIpc) is 3.41. The van der Waals surface area contributed by atoms with Crippen molar-refractivity contribution in [1.29, 1.82) is 0 Å². The topological polar surface area (TPSA) is 55.4 Å². The summed E-state index contributed by atoms with van der Waals surface area (Å²) < 4.78 is 5.51. The number of hydrogen-bond acceptors (Lipinski definition) is 3. The molecule has 124 valence electrons. The van der Waals surface area contributed by atoms with E-state index in [9.17, 15) is 9.59 Å². The standard InChI is InChI=1S/C20H21NO3/c1-13-8-9-14(2)17(12-13)21-19(22)18(15-6-4-3-5-7-15)24-20(23)16-10-11-16/h3-9,12,16,18H,10-11H2,1-2H3,(H,21,22). The SMILES string of the molecule is Cc1ccc(C)c(NC(=O)C(OC(=O)C2CC2)c2ccccc2)c1. The van der Waals surface area contributed by atoms with Crippen LogP contribution in [0, 0.1) is 19.8 Å². The quantitative estimate of drug-likeness (QED) is 0.848. The van der Waals surface area contributed by atoms with Gasteiger partial charge in [0.25, 0.3) is 5.91 Å². The number of ether oxygens (including phenoxy) is 1. The van der Waals surface area contributed by atoms with E-state index in [4.69, 9.17) is 4.74 Å². The highest BCUT2D eigenvalue weighted by molar-refractivity contribution is 5.96. The zero-order valence-electron chi connectivity index (χ0n) is 13.9. The van der Waals surface area contributed by atoms with Crippen molar-refractivity contribution >= 4 is 17.6 Å². The first-order chi connectivity index (χ1) is 11.5. The molecule has 0 bridgehead atoms. The van der Waals surface area contributed by atoms with Gasteiger partial charge in [0, 0.05) is 11.3 Å². The Labute approximate surface area is 141 Å². The van der Waals surface area contributed by atoms with Crippen LogP contribution < -0.4 is 5.32 Å². The third kappa shape index (κ3) is 3.82. The first kappa shape index (κ1) is 16.2. The number of anilines is 1. The van der Waals surface area contributed by atoms with E-state index < -0.39 is 6.10 Å². The molecule has 1 fully saturated rings. The van der Waals surface area contributed by atoms with Crippen molar-refractivity contribution in [2.45, 2.75) is 32.8 Å². The van der Waals surface area contributed by atoms with Gasteiger partial charge in [-0.2, -0.15) is 0 Å². The highest BCUT2D eigenvalue weighted by atomic mass is 16.5. The lowest BCUT2D eigenvalue weighted by Crippen LogP contribution is -2.26. The number of carbonyl (C=O) groups is 2. The first-order valence-corrected chi connectivity index (χ1v) is 8.18. The molecule has 1 aliphatic rings. The Morgan fingerprint density at radius 2 is 1.79 bits per heavy atom. The maximum absolute atomic E-state index is 12.8. The fraction of sp³-hybridized carbons (Fsp3) is 0.300. The summed E-state index contributed by atoms with van der Waals surface area (Å²) in [7, 11) is 0. The molecule has 2 aromatic carbocycles. The summed E-state index contributed by atoms with van der Waals surface area (Å²) >= 11 is 0. The Morgan fingerprint density at radius 1 is 1.08 bits per heavy atom. The van der Waals surface area contributed by atoms with Gasteiger partial charge in [-0.1, -0.05) is 42.5 Å². The lowest BCUT2D eigenvalue weighted by atomic mass is 10.1. The lowest BCUT2D eigenvalue weighted by Gasteiger charge is -2.19. The minimum Gasteiger partial charge on any atom is -0.447 e. The summed E-state index contributed by atoms with van der Waals surface area (Å²) in [5, 5.41) is 2.90. The summed E-state index contributed by atoms with van der Waals surface area (Å²) in [4.78, 5) is 24.8. The highest BCUT2D eigenvalue weighted by Gasteiger charge is 2.35. The van der Waals surface area contributed by atoms with Gasteiger partial charge in [0.15, 0.2) is 0 Å². The fourth-order valence-electron chi connectivity index (χ4n) is 2.50. The van der Waals surface area contributed by atoms with Crippen LogP contribution in [0.5, 0.6) is 0 Å². The van der Waals surface area contributed by atoms with Gasteiger partial charge in [0.05, 0.1) is 5.92 Å². The van der Waals surface area contributed by atoms with Gasteiger partial charge in [-0.25, -0.2) is 0 Å². The molecule has 4 heteroatoms. The van der Waals surface area contributed by atoms with Crippen molar-refractivity contribution in [3.63, 3.8) is 0 Å². The number of esters is 1. The summed E-state index contributed by atoms with van der Waals surface area (Å²) in [6.07, 6.45) is 0.761. The van der Waals surface area contributed by atoms with Crippen LogP contribution >= 0.6 is 0 Å². The Kier molecular flexibility index (Phi) is 4.65. The van der Waals surface area contributed by atoms with Gasteiger partial charge < -0.3 is 10.1 Å². The van der Waals surface area contributed by atoms with Gasteiger partial charge in [-0.05, 0) is 43.9 Å². The smallest absolute Gasteiger partial charge is 0.310 e. The van der Waals surface area contributed by atoms with Crippen LogP contribution in [0.3, 0.4) is 0 Å². The molecule has 1 amide bonds. The van der Waals surface area contributed by atoms with Crippen molar-refractivity contribution in [3.05, 3.63) is 65.2 Å². The number of nitrogens with one attached hydrogen (secondary N) is 1. The highest BCUT2D eigenvalue weighted by Crippen LogP contribution is 2.33. The number of amides is 1. The van der Waals surface area contributed by atoms with Crippen LogP contribution in [0.25, 0.3) is 0 Å². The van der Waals surface area contributed by atoms with E-state index in [0.29, 0.717) is 5.56 Å². The predicted molar refractivity (Wildman–Crippen MR) is 92.5 cm³/mol. The van der Waals surface area contributed by atoms with E-state index in [1.807, 2.05) is 50.2 Å². The minimum absolute atomic E-state index is 0.0512. The van der Waals surface area contributed by atoms with Gasteiger partial charge in [0.2, 0.25) is 6.10 Å². The molecule has 1 atom stereocenters. The predicted octanol–water partition coefficient (Wildman–Crippen LogP) is 3.94. The maximum atomic E-state index is 12.8. The van der Waals surface area contributed by atoms with Crippen LogP contribution in [-0.4, -0.2) is 11.9 Å². The van der Waals surface area contributed by atoms with Crippen LogP contribution in [0.1, 0.15) is 35.6 Å². The normalized spacial score (nSPS) is 14.8. The van der Waals surface area contributed by atoms with E-state index >= 15 is 0 Å². The maximum Gasteiger partial charge on any atom is 0.310 e. The van der Waals surface area contributed by atoms with Crippen molar-refractivity contribution < 1.29 is 14.3 Å². The lowest BCUT2D eigenvalue weighted by molar-refractivity contribution is -0.156. The van der Waals surface area contributed by atoms with E-state index in [2.05, 4.69) is 5.32 Å². The van der Waals surface area contributed by atoms with Gasteiger partial charge in [-0.3, -0.25) is 9.59 Å². The second-order valence-electron chi connectivity index (χ2n) is 6.31. The molecular formula is C20H21NO3. The molecular weight excluding hydrogens is 302 g/mol. The molecule has 4 nitrogen and oxygen atoms in total. The first-order valence-electron chi connectivity index (χ1n) is 8.18. The van der Waals surface area contributed by atoms with Crippen LogP contribution in [0.4, 0.5) is 5.69 Å². The number of carbonyl (C=O) groups excluding carboxylic acids is 2. The molecule has 1 aliphatic carbocycles. The molecule has 0 aromatic heterocycles. The molecule has 0 spiro atoms. The minimum atomic E-state index is -0.931. The second kappa shape index (κ2) is 6.87. The zero-order chi connectivity index (χ0) is 17.1. The van der Waals surface area contributed by atoms with Crippen LogP contribution in [-0.2, 0) is 14.3 Å². The Bertz CT molecular complexity index is 751. The number of aryl methyl sites for hydroxylation is 2. The van der Waals surface area contributed by atoms with Crippen molar-refractivity contribution in [2.24, 2.45) is 5.92 Å². The Hall–Kier alpha value is -2.62. The Morgan fingerprint density at radius 3 is 2.46 bits per heavy atom. The van der Waals surface area contributed by atoms with Crippen LogP contribution in [0.2, 0.25) is 0 Å². The molecule has 24 heavy (non-hydrogen) atoms. The van der Waals surface area contributed by atoms with E-state index in [1.165, 1.54) is 0 Å². The molecule has 0 heterocycles. The molecule has 0 saturated heterocycles. The molecule has 0 aliphatic heterocycles. The third-order valence-electron chi connectivity index (χ3n) is 4.14. The van der Waals surface area contributed by atoms with Gasteiger partial charge in [0.1, 0.15) is 0 Å². The molecule has 1 unspecified atom stereocenters. The summed E-state index contributed by atoms with van der Waals surface area (Å²) in [6.45, 7) is 3.90. The Balaban J connectivity index is 1.82. The van der Waals surface area contributed by atoms with Crippen molar-refractivity contribution in [3.8, 4) is 0 Å². The average molecular weight is 323 g/mol. The number of rotatable bonds is 5. The van der Waals surface area contributed by atoms with Gasteiger partial charge >= 0.3 is 5.97 Å². The summed E-state index contributed by atoms with van der Waals surface area (Å²) in [6, 6.07) is 15.0. The fourth-order valence-corrected chi connectivity index (χ4v) is 2.50. The summed E-state index contributed by atoms with van der Waals surface area (Å²) in [5.74, 6) is -0.673. The van der Waals surface area contributed by atoms with E-state index in [-0.39, 0.29) is 17.8 Å². The molecule has 0 radical (unpaired) electrons. The van der Waals surface area contributed by atoms with E-state index in [0.717, 1.165) is 29.7 Å². The molecule has 1 saturated carbocycles. The van der Waals surface area contributed by atoms with E-state index in [1.54, 1.807) is 12.1 Å². The molecule has 3 rings (SSSR count). The second-order valence-corrected chi connectivity index (χ2v) is 6.31. The third-order valence-corrected chi connectivity index (χ3v) is 4.14. The monoisotopic (exact) mass is 323 g/mol. The zero-order valence-corrected chi connectivity index (χ0v) is 13.9. The van der Waals surface area contributed by atoms with Crippen LogP contribution in [0.15, 0.2) is 48.5 Å². The van der Waals surface area contributed by atoms with Gasteiger partial charge in [-0.15, -0.1) is 0 Å². The number of hydrogen-bond donors (Lipinski definition) is 1. The summed E-state index contributed by atoms with van der Waals surface area (Å²) in [5.41, 5.74) is 3.44.